The molecule has 4 atom stereocenters. The lowest BCUT2D eigenvalue weighted by atomic mass is 10.1. The molecular formula is C18H27N7O9. The first-order chi connectivity index (χ1) is 15.9. The van der Waals surface area contributed by atoms with Crippen molar-refractivity contribution >= 4 is 35.6 Å². The first-order valence-electron chi connectivity index (χ1n) is 9.92. The Bertz CT molecular complexity index is 890. The zero-order valence-electron chi connectivity index (χ0n) is 17.9. The van der Waals surface area contributed by atoms with Gasteiger partial charge in [0.1, 0.15) is 18.1 Å². The van der Waals surface area contributed by atoms with Crippen LogP contribution in [-0.4, -0.2) is 91.6 Å². The van der Waals surface area contributed by atoms with E-state index in [9.17, 15) is 33.9 Å². The van der Waals surface area contributed by atoms with E-state index < -0.39 is 72.8 Å². The van der Waals surface area contributed by atoms with Gasteiger partial charge in [-0.05, 0) is 6.42 Å². The minimum absolute atomic E-state index is 0.136. The average molecular weight is 485 g/mol. The second kappa shape index (κ2) is 13.5. The van der Waals surface area contributed by atoms with Gasteiger partial charge in [0.05, 0.1) is 25.4 Å². The van der Waals surface area contributed by atoms with Crippen LogP contribution < -0.4 is 27.4 Å². The number of primary amides is 1. The number of hydrogen-bond donors (Lipinski definition) is 9. The summed E-state index contributed by atoms with van der Waals surface area (Å²) in [5.74, 6) is -6.62. The van der Waals surface area contributed by atoms with Gasteiger partial charge in [-0.2, -0.15) is 0 Å². The highest BCUT2D eigenvalue weighted by molar-refractivity contribution is 5.95. The smallest absolute Gasteiger partial charge is 0.326 e. The fourth-order valence-electron chi connectivity index (χ4n) is 2.65. The van der Waals surface area contributed by atoms with Crippen LogP contribution in [0.4, 0.5) is 0 Å². The van der Waals surface area contributed by atoms with Gasteiger partial charge in [-0.3, -0.25) is 24.0 Å². The number of carboxylic acid groups (broad SMARTS) is 2. The molecule has 1 heterocycles. The third kappa shape index (κ3) is 9.61. The molecule has 0 saturated heterocycles. The number of aromatic nitrogens is 2. The Balaban J connectivity index is 2.92. The van der Waals surface area contributed by atoms with E-state index >= 15 is 0 Å². The molecule has 0 fully saturated rings. The Morgan fingerprint density at radius 3 is 2.06 bits per heavy atom. The van der Waals surface area contributed by atoms with Crippen molar-refractivity contribution in [3.05, 3.63) is 18.2 Å². The molecule has 16 nitrogen and oxygen atoms in total. The second-order valence-electron chi connectivity index (χ2n) is 7.19. The zero-order valence-corrected chi connectivity index (χ0v) is 17.9. The molecule has 0 aliphatic rings. The molecule has 16 heteroatoms. The topological polar surface area (TPSA) is 280 Å². The minimum atomic E-state index is -1.69. The normalized spacial score (nSPS) is 14.2. The quantitative estimate of drug-likeness (QED) is 0.114. The largest absolute Gasteiger partial charge is 0.481 e. The lowest BCUT2D eigenvalue weighted by Crippen LogP contribution is -2.58. The fraction of sp³-hybridized carbons (Fsp3) is 0.500. The predicted octanol–water partition coefficient (Wildman–Crippen LogP) is -4.45. The van der Waals surface area contributed by atoms with Gasteiger partial charge in [0.2, 0.25) is 23.6 Å². The number of nitrogens with zero attached hydrogens (tertiary/aromatic N) is 1. The van der Waals surface area contributed by atoms with Gasteiger partial charge in [-0.15, -0.1) is 0 Å². The van der Waals surface area contributed by atoms with Gasteiger partial charge in [-0.1, -0.05) is 0 Å². The third-order valence-corrected chi connectivity index (χ3v) is 4.45. The number of aliphatic hydroxyl groups excluding tert-OH is 1. The Hall–Kier alpha value is -4.05. The Labute approximate surface area is 192 Å². The Kier molecular flexibility index (Phi) is 11.1. The minimum Gasteiger partial charge on any atom is -0.481 e. The van der Waals surface area contributed by atoms with Gasteiger partial charge < -0.3 is 47.7 Å². The second-order valence-corrected chi connectivity index (χ2v) is 7.19. The number of nitrogens with two attached hydrogens (primary N) is 2. The molecule has 0 aliphatic carbocycles. The van der Waals surface area contributed by atoms with Crippen molar-refractivity contribution in [1.82, 2.24) is 25.9 Å². The number of imidazole rings is 1. The molecule has 1 rings (SSSR count). The van der Waals surface area contributed by atoms with E-state index in [1.165, 1.54) is 12.5 Å². The zero-order chi connectivity index (χ0) is 25.8. The highest BCUT2D eigenvalue weighted by atomic mass is 16.4. The van der Waals surface area contributed by atoms with Crippen molar-refractivity contribution in [1.29, 1.82) is 0 Å². The van der Waals surface area contributed by atoms with E-state index in [-0.39, 0.29) is 19.3 Å². The maximum absolute atomic E-state index is 12.8. The maximum Gasteiger partial charge on any atom is 0.326 e. The van der Waals surface area contributed by atoms with Crippen molar-refractivity contribution in [3.8, 4) is 0 Å². The monoisotopic (exact) mass is 485 g/mol. The fourth-order valence-corrected chi connectivity index (χ4v) is 2.65. The van der Waals surface area contributed by atoms with E-state index in [1.807, 2.05) is 5.32 Å². The van der Waals surface area contributed by atoms with E-state index in [0.717, 1.165) is 0 Å². The lowest BCUT2D eigenvalue weighted by molar-refractivity contribution is -0.144. The number of carbonyl (C=O) groups is 6. The van der Waals surface area contributed by atoms with Crippen LogP contribution in [0.1, 0.15) is 25.0 Å². The van der Waals surface area contributed by atoms with Crippen LogP contribution in [0.25, 0.3) is 0 Å². The SMILES string of the molecule is NC(=O)CC(NC(=O)C(CO)NC(=O)C(Cc1cnc[nH]1)NC(=O)C(N)CCC(=O)O)C(=O)O. The first kappa shape index (κ1) is 28.0. The summed E-state index contributed by atoms with van der Waals surface area (Å²) in [6.07, 6.45) is 1.25. The molecule has 188 valence electrons. The van der Waals surface area contributed by atoms with E-state index in [1.54, 1.807) is 0 Å². The molecule has 0 bridgehead atoms. The number of hydrogen-bond acceptors (Lipinski definition) is 9. The van der Waals surface area contributed by atoms with Crippen LogP contribution in [0.3, 0.4) is 0 Å². The highest BCUT2D eigenvalue weighted by Gasteiger charge is 2.31. The molecule has 34 heavy (non-hydrogen) atoms. The number of H-pyrrole nitrogens is 1. The van der Waals surface area contributed by atoms with Crippen molar-refractivity contribution in [2.75, 3.05) is 6.61 Å². The first-order valence-corrected chi connectivity index (χ1v) is 9.92. The number of aliphatic carboxylic acids is 2. The van der Waals surface area contributed by atoms with Crippen LogP contribution in [0.15, 0.2) is 12.5 Å². The van der Waals surface area contributed by atoms with Gasteiger partial charge >= 0.3 is 11.9 Å². The van der Waals surface area contributed by atoms with Crippen LogP contribution in [0, 0.1) is 0 Å². The predicted molar refractivity (Wildman–Crippen MR) is 111 cm³/mol. The van der Waals surface area contributed by atoms with E-state index in [2.05, 4.69) is 20.6 Å². The van der Waals surface area contributed by atoms with Crippen molar-refractivity contribution in [2.24, 2.45) is 11.5 Å². The number of amides is 4. The summed E-state index contributed by atoms with van der Waals surface area (Å²) in [5, 5.41) is 33.8. The van der Waals surface area contributed by atoms with Crippen LogP contribution in [0.2, 0.25) is 0 Å². The van der Waals surface area contributed by atoms with E-state index in [4.69, 9.17) is 21.7 Å². The van der Waals surface area contributed by atoms with Crippen LogP contribution in [-0.2, 0) is 35.2 Å². The summed E-state index contributed by atoms with van der Waals surface area (Å²) in [4.78, 5) is 76.8. The van der Waals surface area contributed by atoms with Crippen molar-refractivity contribution in [2.45, 2.75) is 49.9 Å². The molecule has 1 aromatic rings. The van der Waals surface area contributed by atoms with Gasteiger partial charge in [0.15, 0.2) is 0 Å². The molecule has 0 aromatic carbocycles. The Morgan fingerprint density at radius 1 is 0.971 bits per heavy atom. The van der Waals surface area contributed by atoms with E-state index in [0.29, 0.717) is 5.69 Å². The van der Waals surface area contributed by atoms with Gasteiger partial charge in [0.25, 0.3) is 0 Å². The van der Waals surface area contributed by atoms with Crippen molar-refractivity contribution in [3.63, 3.8) is 0 Å². The molecule has 0 saturated carbocycles. The average Bonchev–Trinajstić information content (AvgIpc) is 3.27. The summed E-state index contributed by atoms with van der Waals surface area (Å²) in [6, 6.07) is -5.89. The van der Waals surface area contributed by atoms with Gasteiger partial charge in [-0.25, -0.2) is 9.78 Å². The molecule has 1 aromatic heterocycles. The van der Waals surface area contributed by atoms with Crippen LogP contribution in [0.5, 0.6) is 0 Å². The summed E-state index contributed by atoms with van der Waals surface area (Å²) >= 11 is 0. The number of aliphatic hydroxyl groups is 1. The molecule has 4 amide bonds. The maximum atomic E-state index is 12.8. The van der Waals surface area contributed by atoms with Gasteiger partial charge in [0, 0.05) is 24.7 Å². The molecule has 0 aliphatic heterocycles. The highest BCUT2D eigenvalue weighted by Crippen LogP contribution is 2.03. The standard InChI is InChI=1S/C18H27N7O9/c19-9(1-2-14(28)29)15(30)23-10(3-8-5-21-7-22-8)16(31)25-12(6-26)17(32)24-11(18(33)34)4-13(20)27/h5,7,9-12,26H,1-4,6,19H2,(H2,20,27)(H,21,22)(H,23,30)(H,24,32)(H,25,31)(H,28,29)(H,33,34). The lowest BCUT2D eigenvalue weighted by Gasteiger charge is -2.24. The third-order valence-electron chi connectivity index (χ3n) is 4.45. The summed E-state index contributed by atoms with van der Waals surface area (Å²) in [6.45, 7) is -0.941. The summed E-state index contributed by atoms with van der Waals surface area (Å²) < 4.78 is 0. The molecule has 4 unspecified atom stereocenters. The van der Waals surface area contributed by atoms with Crippen LogP contribution >= 0.6 is 0 Å². The van der Waals surface area contributed by atoms with Crippen molar-refractivity contribution < 1.29 is 44.1 Å². The number of aromatic amines is 1. The number of carboxylic acids is 2. The summed E-state index contributed by atoms with van der Waals surface area (Å²) in [7, 11) is 0. The molecular weight excluding hydrogens is 458 g/mol. The molecule has 0 radical (unpaired) electrons. The number of nitrogens with one attached hydrogen (secondary N) is 4. The molecule has 0 spiro atoms. The summed E-state index contributed by atoms with van der Waals surface area (Å²) in [5.41, 5.74) is 11.0. The molecule has 11 N–H and O–H groups in total. The Morgan fingerprint density at radius 2 is 1.56 bits per heavy atom. The number of rotatable bonds is 15. The number of carbonyl (C=O) groups excluding carboxylic acids is 4.